The van der Waals surface area contributed by atoms with Crippen LogP contribution >= 0.6 is 11.3 Å². The summed E-state index contributed by atoms with van der Waals surface area (Å²) >= 11 is 1.55. The number of nitrogens with zero attached hydrogens (tertiary/aromatic N) is 2. The molecule has 4 fully saturated rings. The molecule has 1 aromatic carbocycles. The quantitative estimate of drug-likeness (QED) is 0.905. The third-order valence-electron chi connectivity index (χ3n) is 6.50. The van der Waals surface area contributed by atoms with Crippen LogP contribution in [-0.2, 0) is 5.41 Å². The summed E-state index contributed by atoms with van der Waals surface area (Å²) in [7, 11) is 0. The van der Waals surface area contributed by atoms with Crippen LogP contribution in [0.25, 0.3) is 0 Å². The minimum Gasteiger partial charge on any atom is -0.347 e. The van der Waals surface area contributed by atoms with Gasteiger partial charge in [-0.3, -0.25) is 4.79 Å². The second kappa shape index (κ2) is 6.19. The Morgan fingerprint density at radius 1 is 1.12 bits per heavy atom. The Morgan fingerprint density at radius 3 is 2.42 bits per heavy atom. The number of hydrogen-bond acceptors (Lipinski definition) is 4. The molecule has 26 heavy (non-hydrogen) atoms. The van der Waals surface area contributed by atoms with Crippen molar-refractivity contribution in [3.05, 3.63) is 57.8 Å². The number of benzene rings is 1. The minimum absolute atomic E-state index is 0.0141. The molecular formula is C21H25N3OS. The van der Waals surface area contributed by atoms with Gasteiger partial charge in [0.1, 0.15) is 0 Å². The highest BCUT2D eigenvalue weighted by Gasteiger charge is 2.55. The van der Waals surface area contributed by atoms with Gasteiger partial charge in [-0.1, -0.05) is 30.3 Å². The number of fused-ring (bicyclic) bond motifs is 1. The molecule has 4 bridgehead atoms. The lowest BCUT2D eigenvalue weighted by Gasteiger charge is -2.55. The molecule has 5 heterocycles. The molecule has 2 aromatic rings. The molecule has 3 atom stereocenters. The fourth-order valence-corrected chi connectivity index (χ4v) is 6.21. The SMILES string of the molecule is Cc1ccsc1C(=O)N[C@H]1C2CN3CCN(C2)CC1(c1ccccc1)C3. The number of piperidine rings is 2. The Morgan fingerprint density at radius 2 is 1.81 bits per heavy atom. The topological polar surface area (TPSA) is 35.6 Å². The van der Waals surface area contributed by atoms with Crippen LogP contribution in [0, 0.1) is 12.8 Å². The van der Waals surface area contributed by atoms with E-state index >= 15 is 0 Å². The van der Waals surface area contributed by atoms with Crippen LogP contribution in [0.1, 0.15) is 20.8 Å². The van der Waals surface area contributed by atoms with E-state index in [0.717, 1.165) is 49.7 Å². The van der Waals surface area contributed by atoms with Gasteiger partial charge in [0.15, 0.2) is 0 Å². The molecule has 1 amide bonds. The summed E-state index contributed by atoms with van der Waals surface area (Å²) in [5, 5.41) is 5.50. The lowest BCUT2D eigenvalue weighted by atomic mass is 9.64. The number of rotatable bonds is 3. The monoisotopic (exact) mass is 367 g/mol. The Kier molecular flexibility index (Phi) is 3.92. The van der Waals surface area contributed by atoms with Crippen molar-refractivity contribution in [2.45, 2.75) is 18.4 Å². The smallest absolute Gasteiger partial charge is 0.261 e. The van der Waals surface area contributed by atoms with E-state index in [9.17, 15) is 4.79 Å². The standard InChI is InChI=1S/C21H25N3OS/c1-15-7-10-26-18(15)20(25)22-19-16-11-23-8-9-24(12-16)14-21(19,13-23)17-5-3-2-4-6-17/h2-7,10,16,19H,8-9,11-14H2,1H3,(H,22,25)/t16?,19-,21?/m0/s1. The van der Waals surface area contributed by atoms with Crippen LogP contribution in [-0.4, -0.2) is 61.0 Å². The van der Waals surface area contributed by atoms with E-state index in [-0.39, 0.29) is 17.4 Å². The zero-order valence-corrected chi connectivity index (χ0v) is 16.0. The normalized spacial score (nSPS) is 35.3. The molecule has 4 saturated heterocycles. The second-order valence-electron chi connectivity index (χ2n) is 8.14. The van der Waals surface area contributed by atoms with E-state index in [1.807, 2.05) is 18.4 Å². The summed E-state index contributed by atoms with van der Waals surface area (Å²) < 4.78 is 0. The molecule has 0 spiro atoms. The van der Waals surface area contributed by atoms with Crippen molar-refractivity contribution in [1.29, 1.82) is 0 Å². The average molecular weight is 368 g/mol. The van der Waals surface area contributed by atoms with Crippen LogP contribution < -0.4 is 5.32 Å². The van der Waals surface area contributed by atoms with Crippen molar-refractivity contribution in [2.24, 2.45) is 5.92 Å². The first-order valence-electron chi connectivity index (χ1n) is 9.51. The molecule has 0 saturated carbocycles. The number of carbonyl (C=O) groups excluding carboxylic acids is 1. The maximum atomic E-state index is 13.1. The summed E-state index contributed by atoms with van der Waals surface area (Å²) in [4.78, 5) is 19.1. The molecule has 4 aliphatic heterocycles. The fraction of sp³-hybridized carbons (Fsp3) is 0.476. The van der Waals surface area contributed by atoms with Gasteiger partial charge < -0.3 is 15.1 Å². The van der Waals surface area contributed by atoms with Crippen LogP contribution in [0.15, 0.2) is 41.8 Å². The number of aryl methyl sites for hydroxylation is 1. The van der Waals surface area contributed by atoms with Crippen molar-refractivity contribution in [3.8, 4) is 0 Å². The van der Waals surface area contributed by atoms with E-state index in [2.05, 4.69) is 45.4 Å². The zero-order valence-electron chi connectivity index (χ0n) is 15.1. The molecule has 1 N–H and O–H groups in total. The molecule has 136 valence electrons. The number of nitrogens with one attached hydrogen (secondary N) is 1. The Bertz CT molecular complexity index is 802. The Hall–Kier alpha value is -1.69. The predicted octanol–water partition coefficient (Wildman–Crippen LogP) is 2.35. The van der Waals surface area contributed by atoms with E-state index in [1.54, 1.807) is 11.3 Å². The Labute approximate surface area is 158 Å². The highest BCUT2D eigenvalue weighted by molar-refractivity contribution is 7.12. The molecule has 2 unspecified atom stereocenters. The van der Waals surface area contributed by atoms with Crippen molar-refractivity contribution in [1.82, 2.24) is 15.1 Å². The van der Waals surface area contributed by atoms with Crippen molar-refractivity contribution in [3.63, 3.8) is 0 Å². The number of hydrogen-bond donors (Lipinski definition) is 1. The molecule has 4 aliphatic rings. The molecule has 4 nitrogen and oxygen atoms in total. The lowest BCUT2D eigenvalue weighted by Crippen LogP contribution is -2.70. The van der Waals surface area contributed by atoms with Crippen molar-refractivity contribution in [2.75, 3.05) is 39.3 Å². The van der Waals surface area contributed by atoms with Gasteiger partial charge in [0.05, 0.1) is 4.88 Å². The second-order valence-corrected chi connectivity index (χ2v) is 9.05. The van der Waals surface area contributed by atoms with Gasteiger partial charge >= 0.3 is 0 Å². The molecule has 6 rings (SSSR count). The Balaban J connectivity index is 1.54. The van der Waals surface area contributed by atoms with Gasteiger partial charge in [0, 0.05) is 56.6 Å². The molecule has 0 aliphatic carbocycles. The summed E-state index contributed by atoms with van der Waals surface area (Å²) in [6.07, 6.45) is 0. The average Bonchev–Trinajstić information content (AvgIpc) is 2.92. The number of thiophene rings is 1. The van der Waals surface area contributed by atoms with E-state index in [4.69, 9.17) is 0 Å². The van der Waals surface area contributed by atoms with Gasteiger partial charge in [-0.2, -0.15) is 0 Å². The minimum atomic E-state index is -0.0141. The summed E-state index contributed by atoms with van der Waals surface area (Å²) in [5.74, 6) is 0.596. The largest absolute Gasteiger partial charge is 0.347 e. The molecule has 0 radical (unpaired) electrons. The highest BCUT2D eigenvalue weighted by Crippen LogP contribution is 2.43. The van der Waals surface area contributed by atoms with E-state index < -0.39 is 0 Å². The van der Waals surface area contributed by atoms with Crippen LogP contribution in [0.2, 0.25) is 0 Å². The van der Waals surface area contributed by atoms with Crippen LogP contribution in [0.3, 0.4) is 0 Å². The maximum absolute atomic E-state index is 13.1. The first kappa shape index (κ1) is 16.5. The number of amides is 1. The lowest BCUT2D eigenvalue weighted by molar-refractivity contribution is 0.0181. The predicted molar refractivity (Wildman–Crippen MR) is 105 cm³/mol. The first-order chi connectivity index (χ1) is 12.7. The number of carbonyl (C=O) groups is 1. The van der Waals surface area contributed by atoms with Crippen LogP contribution in [0.4, 0.5) is 0 Å². The zero-order chi connectivity index (χ0) is 17.7. The molecule has 5 heteroatoms. The van der Waals surface area contributed by atoms with Gasteiger partial charge in [0.2, 0.25) is 0 Å². The molecular weight excluding hydrogens is 342 g/mol. The van der Waals surface area contributed by atoms with Gasteiger partial charge in [-0.05, 0) is 29.5 Å². The highest BCUT2D eigenvalue weighted by atomic mass is 32.1. The van der Waals surface area contributed by atoms with Gasteiger partial charge in [-0.15, -0.1) is 11.3 Å². The van der Waals surface area contributed by atoms with E-state index in [1.165, 1.54) is 5.56 Å². The summed E-state index contributed by atoms with van der Waals surface area (Å²) in [6.45, 7) is 8.60. The summed E-state index contributed by atoms with van der Waals surface area (Å²) in [6, 6.07) is 13.1. The van der Waals surface area contributed by atoms with Crippen LogP contribution in [0.5, 0.6) is 0 Å². The van der Waals surface area contributed by atoms with Crippen molar-refractivity contribution < 1.29 is 4.79 Å². The van der Waals surface area contributed by atoms with Gasteiger partial charge in [-0.25, -0.2) is 0 Å². The molecule has 1 aromatic heterocycles. The fourth-order valence-electron chi connectivity index (χ4n) is 5.38. The van der Waals surface area contributed by atoms with Crippen molar-refractivity contribution >= 4 is 17.2 Å². The van der Waals surface area contributed by atoms with E-state index in [0.29, 0.717) is 5.92 Å². The summed E-state index contributed by atoms with van der Waals surface area (Å²) in [5.41, 5.74) is 2.43. The third-order valence-corrected chi connectivity index (χ3v) is 7.51. The maximum Gasteiger partial charge on any atom is 0.261 e. The third kappa shape index (κ3) is 2.53. The first-order valence-corrected chi connectivity index (χ1v) is 10.4. The van der Waals surface area contributed by atoms with Gasteiger partial charge in [0.25, 0.3) is 5.91 Å².